The number of aromatic amines is 1. The number of H-pyrrole nitrogens is 1. The molecule has 1 aromatic carbocycles. The topological polar surface area (TPSA) is 85.4 Å². The minimum atomic E-state index is -0.268. The number of carbonyl (C=O) groups is 1. The van der Waals surface area contributed by atoms with Crippen LogP contribution in [0.3, 0.4) is 0 Å². The van der Waals surface area contributed by atoms with Crippen LogP contribution in [0.25, 0.3) is 0 Å². The lowest BCUT2D eigenvalue weighted by Gasteiger charge is -2.36. The molecule has 0 saturated carbocycles. The fraction of sp³-hybridized carbons (Fsp3) is 0.500. The molecule has 0 unspecified atom stereocenters. The van der Waals surface area contributed by atoms with Gasteiger partial charge < -0.3 is 14.8 Å². The first-order valence-corrected chi connectivity index (χ1v) is 10.5. The van der Waals surface area contributed by atoms with E-state index >= 15 is 0 Å². The predicted octanol–water partition coefficient (Wildman–Crippen LogP) is 3.09. The number of ether oxygens (including phenoxy) is 2. The van der Waals surface area contributed by atoms with Crippen LogP contribution in [0.15, 0.2) is 29.1 Å². The van der Waals surface area contributed by atoms with Crippen LogP contribution in [0.5, 0.6) is 5.75 Å². The molecule has 8 heteroatoms. The smallest absolute Gasteiger partial charge is 0.270 e. The molecule has 2 aromatic rings. The van der Waals surface area contributed by atoms with Crippen LogP contribution in [-0.2, 0) is 9.53 Å². The molecule has 0 bridgehead atoms. The van der Waals surface area contributed by atoms with E-state index in [9.17, 15) is 9.59 Å². The van der Waals surface area contributed by atoms with Crippen molar-refractivity contribution in [2.24, 2.45) is 0 Å². The van der Waals surface area contributed by atoms with Gasteiger partial charge in [0, 0.05) is 6.61 Å². The predicted molar refractivity (Wildman–Crippen MR) is 109 cm³/mol. The molecule has 2 N–H and O–H groups in total. The lowest BCUT2D eigenvalue weighted by atomic mass is 9.94. The lowest BCUT2D eigenvalue weighted by Crippen LogP contribution is -2.36. The number of nitrogens with zero attached hydrogens (tertiary/aromatic N) is 1. The normalized spacial score (nSPS) is 24.2. The molecule has 0 radical (unpaired) electrons. The fourth-order valence-electron chi connectivity index (χ4n) is 3.98. The van der Waals surface area contributed by atoms with Gasteiger partial charge in [-0.15, -0.1) is 11.8 Å². The molecular weight excluding hydrogens is 378 g/mol. The molecule has 7 nitrogen and oxygen atoms in total. The molecule has 1 amide bonds. The van der Waals surface area contributed by atoms with E-state index in [1.165, 1.54) is 11.8 Å². The average molecular weight is 404 g/mol. The van der Waals surface area contributed by atoms with Crippen LogP contribution in [0, 0.1) is 0 Å². The van der Waals surface area contributed by atoms with Crippen molar-refractivity contribution in [3.63, 3.8) is 0 Å². The first kappa shape index (κ1) is 19.1. The van der Waals surface area contributed by atoms with Crippen LogP contribution >= 0.6 is 11.8 Å². The average Bonchev–Trinajstić information content (AvgIpc) is 2.87. The van der Waals surface area contributed by atoms with Crippen molar-refractivity contribution in [1.82, 2.24) is 9.78 Å². The first-order valence-electron chi connectivity index (χ1n) is 9.42. The van der Waals surface area contributed by atoms with Crippen molar-refractivity contribution in [3.05, 3.63) is 45.7 Å². The highest BCUT2D eigenvalue weighted by molar-refractivity contribution is 8.00. The zero-order chi connectivity index (χ0) is 19.9. The number of hydrogen-bond acceptors (Lipinski definition) is 5. The third-order valence-electron chi connectivity index (χ3n) is 5.32. The van der Waals surface area contributed by atoms with Gasteiger partial charge in [-0.25, -0.2) is 0 Å². The summed E-state index contributed by atoms with van der Waals surface area (Å²) in [5.41, 5.74) is 1.15. The Labute approximate surface area is 167 Å². The summed E-state index contributed by atoms with van der Waals surface area (Å²) in [6, 6.07) is 7.72. The molecule has 1 saturated heterocycles. The molecule has 150 valence electrons. The van der Waals surface area contributed by atoms with E-state index in [0.29, 0.717) is 23.7 Å². The number of anilines is 1. The summed E-state index contributed by atoms with van der Waals surface area (Å²) in [4.78, 5) is 25.3. The van der Waals surface area contributed by atoms with E-state index < -0.39 is 0 Å². The van der Waals surface area contributed by atoms with Crippen molar-refractivity contribution < 1.29 is 14.3 Å². The summed E-state index contributed by atoms with van der Waals surface area (Å²) in [5, 5.41) is 5.73. The third-order valence-corrected chi connectivity index (χ3v) is 6.59. The van der Waals surface area contributed by atoms with Crippen molar-refractivity contribution in [1.29, 1.82) is 0 Å². The molecule has 2 aliphatic rings. The molecular formula is C20H25N3O4S. The minimum Gasteiger partial charge on any atom is -0.497 e. The largest absolute Gasteiger partial charge is 0.497 e. The number of carbonyl (C=O) groups excluding carboxylic acids is 1. The van der Waals surface area contributed by atoms with E-state index in [1.807, 2.05) is 42.8 Å². The second-order valence-electron chi connectivity index (χ2n) is 7.84. The lowest BCUT2D eigenvalue weighted by molar-refractivity contribution is -0.113. The van der Waals surface area contributed by atoms with E-state index in [2.05, 4.69) is 10.4 Å². The van der Waals surface area contributed by atoms with Gasteiger partial charge in [0.15, 0.2) is 0 Å². The number of rotatable bonds is 3. The Morgan fingerprint density at radius 1 is 1.25 bits per heavy atom. The second kappa shape index (κ2) is 7.33. The number of thioether (sulfide) groups is 1. The SMILES string of the molecule is COc1ccc([C@H]2SCC(=O)Nc3c2c(=O)[nH]n3[C@H]2CCOC(C)(C)C2)cc1. The maximum Gasteiger partial charge on any atom is 0.270 e. The van der Waals surface area contributed by atoms with Gasteiger partial charge in [-0.2, -0.15) is 0 Å². The number of amides is 1. The van der Waals surface area contributed by atoms with Gasteiger partial charge in [0.05, 0.1) is 35.3 Å². The molecule has 3 heterocycles. The minimum absolute atomic E-state index is 0.0696. The number of nitrogens with one attached hydrogen (secondary N) is 2. The number of aromatic nitrogens is 2. The summed E-state index contributed by atoms with van der Waals surface area (Å²) in [6.45, 7) is 4.72. The maximum absolute atomic E-state index is 13.0. The van der Waals surface area contributed by atoms with Crippen LogP contribution < -0.4 is 15.6 Å². The highest BCUT2D eigenvalue weighted by Gasteiger charge is 2.35. The monoisotopic (exact) mass is 403 g/mol. The van der Waals surface area contributed by atoms with Gasteiger partial charge in [-0.05, 0) is 44.4 Å². The summed E-state index contributed by atoms with van der Waals surface area (Å²) in [7, 11) is 1.62. The summed E-state index contributed by atoms with van der Waals surface area (Å²) in [6.07, 6.45) is 1.55. The molecule has 1 aromatic heterocycles. The quantitative estimate of drug-likeness (QED) is 0.823. The Hall–Kier alpha value is -2.19. The van der Waals surface area contributed by atoms with E-state index in [0.717, 1.165) is 24.2 Å². The number of hydrogen-bond donors (Lipinski definition) is 2. The van der Waals surface area contributed by atoms with E-state index in [1.54, 1.807) is 7.11 Å². The molecule has 0 spiro atoms. The van der Waals surface area contributed by atoms with Crippen LogP contribution in [-0.4, -0.2) is 40.8 Å². The van der Waals surface area contributed by atoms with Gasteiger partial charge >= 0.3 is 0 Å². The van der Waals surface area contributed by atoms with Crippen molar-refractivity contribution in [2.75, 3.05) is 24.8 Å². The van der Waals surface area contributed by atoms with Gasteiger partial charge in [0.25, 0.3) is 5.56 Å². The van der Waals surface area contributed by atoms with Crippen molar-refractivity contribution >= 4 is 23.5 Å². The summed E-state index contributed by atoms with van der Waals surface area (Å²) >= 11 is 1.46. The van der Waals surface area contributed by atoms with Crippen LogP contribution in [0.1, 0.15) is 49.1 Å². The molecule has 2 atom stereocenters. The highest BCUT2D eigenvalue weighted by Crippen LogP contribution is 2.42. The number of benzene rings is 1. The van der Waals surface area contributed by atoms with Gasteiger partial charge in [0.2, 0.25) is 5.91 Å². The summed E-state index contributed by atoms with van der Waals surface area (Å²) < 4.78 is 12.9. The molecule has 2 aliphatic heterocycles. The van der Waals surface area contributed by atoms with Gasteiger partial charge in [-0.1, -0.05) is 12.1 Å². The number of fused-ring (bicyclic) bond motifs is 1. The zero-order valence-electron chi connectivity index (χ0n) is 16.3. The second-order valence-corrected chi connectivity index (χ2v) is 8.93. The molecule has 0 aliphatic carbocycles. The fourth-order valence-corrected chi connectivity index (χ4v) is 5.10. The Morgan fingerprint density at radius 2 is 2.00 bits per heavy atom. The Kier molecular flexibility index (Phi) is 5.01. The Morgan fingerprint density at radius 3 is 2.68 bits per heavy atom. The van der Waals surface area contributed by atoms with E-state index in [-0.39, 0.29) is 28.4 Å². The third kappa shape index (κ3) is 3.58. The molecule has 4 rings (SSSR count). The Bertz CT molecular complexity index is 932. The molecule has 28 heavy (non-hydrogen) atoms. The van der Waals surface area contributed by atoms with E-state index in [4.69, 9.17) is 9.47 Å². The van der Waals surface area contributed by atoms with Crippen LogP contribution in [0.4, 0.5) is 5.82 Å². The zero-order valence-corrected chi connectivity index (χ0v) is 17.1. The van der Waals surface area contributed by atoms with Crippen LogP contribution in [0.2, 0.25) is 0 Å². The number of methoxy groups -OCH3 is 1. The van der Waals surface area contributed by atoms with Gasteiger partial charge in [0.1, 0.15) is 11.6 Å². The van der Waals surface area contributed by atoms with Gasteiger partial charge in [-0.3, -0.25) is 19.4 Å². The summed E-state index contributed by atoms with van der Waals surface area (Å²) in [5.74, 6) is 1.54. The maximum atomic E-state index is 13.0. The van der Waals surface area contributed by atoms with Crippen molar-refractivity contribution in [2.45, 2.75) is 43.6 Å². The first-order chi connectivity index (χ1) is 13.4. The standard InChI is InChI=1S/C20H25N3O4S/c1-20(2)10-13(8-9-27-20)23-18-16(19(25)22-23)17(28-11-15(24)21-18)12-4-6-14(26-3)7-5-12/h4-7,13,17H,8-11H2,1-3H3,(H,21,24)(H,22,25)/t13-,17+/m0/s1. The molecule has 1 fully saturated rings. The van der Waals surface area contributed by atoms with Crippen molar-refractivity contribution in [3.8, 4) is 5.75 Å². The highest BCUT2D eigenvalue weighted by atomic mass is 32.2. The Balaban J connectivity index is 1.77.